The molecule has 1 heterocycles. The predicted octanol–water partition coefficient (Wildman–Crippen LogP) is 1.92. The van der Waals surface area contributed by atoms with Crippen molar-refractivity contribution in [3.63, 3.8) is 0 Å². The van der Waals surface area contributed by atoms with Crippen LogP contribution in [0.5, 0.6) is 0 Å². The van der Waals surface area contributed by atoms with Crippen LogP contribution in [0.1, 0.15) is 11.0 Å². The van der Waals surface area contributed by atoms with E-state index in [4.69, 9.17) is 5.73 Å². The van der Waals surface area contributed by atoms with Crippen molar-refractivity contribution in [3.05, 3.63) is 46.7 Å². The van der Waals surface area contributed by atoms with Crippen molar-refractivity contribution in [1.82, 2.24) is 4.98 Å². The lowest BCUT2D eigenvalue weighted by Crippen LogP contribution is -2.27. The van der Waals surface area contributed by atoms with Crippen LogP contribution in [0.4, 0.5) is 10.1 Å². The lowest BCUT2D eigenvalue weighted by molar-refractivity contribution is -0.118. The van der Waals surface area contributed by atoms with Gasteiger partial charge in [0.05, 0.1) is 0 Å². The summed E-state index contributed by atoms with van der Waals surface area (Å²) in [6.07, 6.45) is 1.60. The molecule has 0 spiro atoms. The second-order valence-corrected chi connectivity index (χ2v) is 4.28. The van der Waals surface area contributed by atoms with Crippen molar-refractivity contribution in [3.8, 4) is 0 Å². The van der Waals surface area contributed by atoms with E-state index >= 15 is 0 Å². The largest absolute Gasteiger partial charge is 0.368 e. The molecule has 0 saturated heterocycles. The monoisotopic (exact) mass is 251 g/mol. The molecule has 1 atom stereocenters. The molecular weight excluding hydrogens is 241 g/mol. The van der Waals surface area contributed by atoms with Crippen LogP contribution in [-0.2, 0) is 4.79 Å². The van der Waals surface area contributed by atoms with Gasteiger partial charge in [0.1, 0.15) is 10.8 Å². The molecular formula is C11H10FN3OS. The molecule has 3 N–H and O–H groups in total. The third kappa shape index (κ3) is 2.79. The van der Waals surface area contributed by atoms with Crippen LogP contribution in [0.15, 0.2) is 35.8 Å². The minimum Gasteiger partial charge on any atom is -0.368 e. The Morgan fingerprint density at radius 2 is 2.12 bits per heavy atom. The molecule has 6 heteroatoms. The Morgan fingerprint density at radius 3 is 2.65 bits per heavy atom. The van der Waals surface area contributed by atoms with Gasteiger partial charge in [0.25, 0.3) is 0 Å². The zero-order valence-electron chi connectivity index (χ0n) is 8.76. The number of aromatic nitrogens is 1. The Labute approximate surface area is 101 Å². The highest BCUT2D eigenvalue weighted by molar-refractivity contribution is 7.09. The van der Waals surface area contributed by atoms with Gasteiger partial charge in [-0.15, -0.1) is 11.3 Å². The van der Waals surface area contributed by atoms with Gasteiger partial charge in [0.15, 0.2) is 6.04 Å². The number of nitrogens with one attached hydrogen (secondary N) is 1. The third-order valence-electron chi connectivity index (χ3n) is 2.14. The minimum atomic E-state index is -0.694. The number of carbonyl (C=O) groups excluding carboxylic acids is 1. The Morgan fingerprint density at radius 1 is 1.41 bits per heavy atom. The van der Waals surface area contributed by atoms with Gasteiger partial charge in [-0.05, 0) is 24.3 Å². The predicted molar refractivity (Wildman–Crippen MR) is 64.1 cm³/mol. The first-order chi connectivity index (χ1) is 8.16. The molecule has 88 valence electrons. The van der Waals surface area contributed by atoms with E-state index in [-0.39, 0.29) is 5.82 Å². The molecule has 0 aliphatic heterocycles. The first-order valence-corrected chi connectivity index (χ1v) is 5.75. The normalized spacial score (nSPS) is 12.1. The molecule has 0 radical (unpaired) electrons. The van der Waals surface area contributed by atoms with Crippen LogP contribution in [-0.4, -0.2) is 10.9 Å². The maximum Gasteiger partial charge on any atom is 0.247 e. The molecule has 1 amide bonds. The second kappa shape index (κ2) is 4.92. The van der Waals surface area contributed by atoms with E-state index in [0.717, 1.165) is 0 Å². The summed E-state index contributed by atoms with van der Waals surface area (Å²) in [7, 11) is 0. The molecule has 2 rings (SSSR count). The number of nitrogens with zero attached hydrogens (tertiary/aromatic N) is 1. The van der Waals surface area contributed by atoms with Crippen LogP contribution in [0.3, 0.4) is 0 Å². The van der Waals surface area contributed by atoms with Gasteiger partial charge in [-0.25, -0.2) is 9.37 Å². The van der Waals surface area contributed by atoms with Crippen molar-refractivity contribution in [2.24, 2.45) is 5.73 Å². The lowest BCUT2D eigenvalue weighted by atomic mass is 10.2. The van der Waals surface area contributed by atoms with Crippen LogP contribution >= 0.6 is 11.3 Å². The molecule has 0 bridgehead atoms. The van der Waals surface area contributed by atoms with E-state index in [2.05, 4.69) is 10.3 Å². The summed E-state index contributed by atoms with van der Waals surface area (Å²) >= 11 is 1.33. The molecule has 0 aliphatic carbocycles. The number of rotatable bonds is 4. The summed E-state index contributed by atoms with van der Waals surface area (Å²) in [5, 5.41) is 5.26. The van der Waals surface area contributed by atoms with E-state index in [9.17, 15) is 9.18 Å². The Hall–Kier alpha value is -1.95. The van der Waals surface area contributed by atoms with Crippen molar-refractivity contribution >= 4 is 22.9 Å². The van der Waals surface area contributed by atoms with Crippen LogP contribution in [0.25, 0.3) is 0 Å². The summed E-state index contributed by atoms with van der Waals surface area (Å²) in [6, 6.07) is 5.00. The molecule has 0 aliphatic rings. The fourth-order valence-corrected chi connectivity index (χ4v) is 2.04. The zero-order chi connectivity index (χ0) is 12.3. The number of thiazole rings is 1. The van der Waals surface area contributed by atoms with E-state index in [1.165, 1.54) is 23.5 Å². The first-order valence-electron chi connectivity index (χ1n) is 4.87. The van der Waals surface area contributed by atoms with Crippen LogP contribution in [0, 0.1) is 5.82 Å². The summed E-state index contributed by atoms with van der Waals surface area (Å²) in [4.78, 5) is 15.4. The molecule has 1 aromatic carbocycles. The Kier molecular flexibility index (Phi) is 3.34. The van der Waals surface area contributed by atoms with Gasteiger partial charge in [0, 0.05) is 17.3 Å². The molecule has 4 nitrogen and oxygen atoms in total. The first kappa shape index (κ1) is 11.5. The second-order valence-electron chi connectivity index (χ2n) is 3.36. The third-order valence-corrected chi connectivity index (χ3v) is 2.98. The molecule has 0 saturated carbocycles. The molecule has 1 aromatic heterocycles. The zero-order valence-corrected chi connectivity index (χ0v) is 9.58. The molecule has 0 fully saturated rings. The number of hydrogen-bond acceptors (Lipinski definition) is 4. The summed E-state index contributed by atoms with van der Waals surface area (Å²) in [5.41, 5.74) is 5.91. The molecule has 1 unspecified atom stereocenters. The van der Waals surface area contributed by atoms with Gasteiger partial charge < -0.3 is 11.1 Å². The van der Waals surface area contributed by atoms with Crippen LogP contribution < -0.4 is 11.1 Å². The van der Waals surface area contributed by atoms with Gasteiger partial charge in [-0.3, -0.25) is 4.79 Å². The Balaban J connectivity index is 2.19. The minimum absolute atomic E-state index is 0.333. The number of halogens is 1. The van der Waals surface area contributed by atoms with Gasteiger partial charge in [0.2, 0.25) is 5.91 Å². The highest BCUT2D eigenvalue weighted by Crippen LogP contribution is 2.21. The standard InChI is InChI=1S/C11H10FN3OS/c12-7-1-3-8(4-2-7)15-9(10(13)16)11-14-5-6-17-11/h1-6,9,15H,(H2,13,16). The number of nitrogens with two attached hydrogens (primary N) is 1. The highest BCUT2D eigenvalue weighted by Gasteiger charge is 2.19. The quantitative estimate of drug-likeness (QED) is 0.872. The van der Waals surface area contributed by atoms with E-state index in [0.29, 0.717) is 10.7 Å². The van der Waals surface area contributed by atoms with Crippen LogP contribution in [0.2, 0.25) is 0 Å². The summed E-state index contributed by atoms with van der Waals surface area (Å²) < 4.78 is 12.7. The average molecular weight is 251 g/mol. The topological polar surface area (TPSA) is 68.0 Å². The lowest BCUT2D eigenvalue weighted by Gasteiger charge is -2.14. The van der Waals surface area contributed by atoms with Gasteiger partial charge in [-0.2, -0.15) is 0 Å². The number of carbonyl (C=O) groups is 1. The smallest absolute Gasteiger partial charge is 0.247 e. The van der Waals surface area contributed by atoms with E-state index in [1.54, 1.807) is 23.7 Å². The van der Waals surface area contributed by atoms with Crippen molar-refractivity contribution in [1.29, 1.82) is 0 Å². The maximum atomic E-state index is 12.7. The van der Waals surface area contributed by atoms with Crippen molar-refractivity contribution < 1.29 is 9.18 Å². The van der Waals surface area contributed by atoms with Crippen molar-refractivity contribution in [2.45, 2.75) is 6.04 Å². The fourth-order valence-electron chi connectivity index (χ4n) is 1.34. The number of hydrogen-bond donors (Lipinski definition) is 2. The van der Waals surface area contributed by atoms with E-state index in [1.807, 2.05) is 0 Å². The number of amides is 1. The highest BCUT2D eigenvalue weighted by atomic mass is 32.1. The van der Waals surface area contributed by atoms with E-state index < -0.39 is 11.9 Å². The summed E-state index contributed by atoms with van der Waals surface area (Å²) in [6.45, 7) is 0. The summed E-state index contributed by atoms with van der Waals surface area (Å²) in [5.74, 6) is -0.857. The van der Waals surface area contributed by atoms with Crippen molar-refractivity contribution in [2.75, 3.05) is 5.32 Å². The molecule has 17 heavy (non-hydrogen) atoms. The van der Waals surface area contributed by atoms with Gasteiger partial charge in [-0.1, -0.05) is 0 Å². The number of primary amides is 1. The number of anilines is 1. The number of benzene rings is 1. The maximum absolute atomic E-state index is 12.7. The molecule has 2 aromatic rings. The van der Waals surface area contributed by atoms with Gasteiger partial charge >= 0.3 is 0 Å². The Bertz CT molecular complexity index is 498. The average Bonchev–Trinajstić information content (AvgIpc) is 2.81. The SMILES string of the molecule is NC(=O)C(Nc1ccc(F)cc1)c1nccs1. The fraction of sp³-hybridized carbons (Fsp3) is 0.0909.